The van der Waals surface area contributed by atoms with Crippen molar-refractivity contribution in [1.29, 1.82) is 0 Å². The highest BCUT2D eigenvalue weighted by Gasteiger charge is 2.00. The summed E-state index contributed by atoms with van der Waals surface area (Å²) in [6.07, 6.45) is 1.17. The molecule has 2 aromatic carbocycles. The van der Waals surface area contributed by atoms with Gasteiger partial charge in [-0.15, -0.1) is 0 Å². The second-order valence-corrected chi connectivity index (χ2v) is 4.57. The molecule has 0 spiro atoms. The van der Waals surface area contributed by atoms with Crippen LogP contribution in [0.25, 0.3) is 0 Å². The third-order valence-electron chi connectivity index (χ3n) is 2.93. The van der Waals surface area contributed by atoms with E-state index in [1.165, 1.54) is 12.1 Å². The zero-order chi connectivity index (χ0) is 14.9. The fourth-order valence-corrected chi connectivity index (χ4v) is 1.81. The lowest BCUT2D eigenvalue weighted by Gasteiger charge is -2.01. The maximum absolute atomic E-state index is 12.7. The Bertz CT molecular complexity index is 638. The predicted octanol–water partition coefficient (Wildman–Crippen LogP) is 2.93. The van der Waals surface area contributed by atoms with Crippen molar-refractivity contribution in [2.75, 3.05) is 6.54 Å². The van der Waals surface area contributed by atoms with Crippen LogP contribution in [-0.2, 0) is 11.2 Å². The van der Waals surface area contributed by atoms with E-state index in [4.69, 9.17) is 0 Å². The summed E-state index contributed by atoms with van der Waals surface area (Å²) in [6.45, 7) is 0.297. The molecule has 0 heterocycles. The third-order valence-corrected chi connectivity index (χ3v) is 2.93. The molecule has 2 aromatic rings. The third kappa shape index (κ3) is 5.50. The molecule has 0 aromatic heterocycles. The smallest absolute Gasteiger partial charge is 0.221 e. The van der Waals surface area contributed by atoms with Crippen LogP contribution in [0.3, 0.4) is 0 Å². The second kappa shape index (κ2) is 7.86. The molecule has 0 unspecified atom stereocenters. The standard InChI is InChI=1S/C18H16FNO/c19-17-11-8-16(9-12-17)7-4-14-20-18(21)13-10-15-5-2-1-3-6-15/h1-3,5-6,8-9,11-12H,10,13-14H2,(H,20,21). The van der Waals surface area contributed by atoms with Crippen molar-refractivity contribution < 1.29 is 9.18 Å². The van der Waals surface area contributed by atoms with E-state index in [9.17, 15) is 9.18 Å². The van der Waals surface area contributed by atoms with Gasteiger partial charge < -0.3 is 5.32 Å². The summed E-state index contributed by atoms with van der Waals surface area (Å²) in [6, 6.07) is 15.8. The molecule has 0 saturated carbocycles. The van der Waals surface area contributed by atoms with Crippen LogP contribution in [-0.4, -0.2) is 12.5 Å². The van der Waals surface area contributed by atoms with Crippen molar-refractivity contribution in [3.8, 4) is 11.8 Å². The molecule has 0 fully saturated rings. The predicted molar refractivity (Wildman–Crippen MR) is 81.1 cm³/mol. The number of amides is 1. The van der Waals surface area contributed by atoms with Crippen LogP contribution in [0.5, 0.6) is 0 Å². The SMILES string of the molecule is O=C(CCc1ccccc1)NCC#Cc1ccc(F)cc1. The molecular formula is C18H16FNO. The van der Waals surface area contributed by atoms with Gasteiger partial charge in [0.15, 0.2) is 0 Å². The van der Waals surface area contributed by atoms with Crippen molar-refractivity contribution in [3.05, 3.63) is 71.5 Å². The van der Waals surface area contributed by atoms with Crippen LogP contribution in [0.4, 0.5) is 4.39 Å². The molecule has 1 amide bonds. The van der Waals surface area contributed by atoms with Gasteiger partial charge in [-0.05, 0) is 36.2 Å². The Kier molecular flexibility index (Phi) is 5.54. The van der Waals surface area contributed by atoms with Crippen LogP contribution >= 0.6 is 0 Å². The van der Waals surface area contributed by atoms with Gasteiger partial charge in [-0.25, -0.2) is 4.39 Å². The summed E-state index contributed by atoms with van der Waals surface area (Å²) >= 11 is 0. The van der Waals surface area contributed by atoms with E-state index in [2.05, 4.69) is 17.2 Å². The average Bonchev–Trinajstić information content (AvgIpc) is 2.52. The monoisotopic (exact) mass is 281 g/mol. The lowest BCUT2D eigenvalue weighted by atomic mass is 10.1. The Morgan fingerprint density at radius 1 is 1.05 bits per heavy atom. The van der Waals surface area contributed by atoms with Crippen LogP contribution in [0.15, 0.2) is 54.6 Å². The number of nitrogens with one attached hydrogen (secondary N) is 1. The molecule has 0 bridgehead atoms. The van der Waals surface area contributed by atoms with Crippen LogP contribution in [0.2, 0.25) is 0 Å². The first-order valence-corrected chi connectivity index (χ1v) is 6.79. The van der Waals surface area contributed by atoms with E-state index >= 15 is 0 Å². The highest BCUT2D eigenvalue weighted by atomic mass is 19.1. The number of hydrogen-bond donors (Lipinski definition) is 1. The van der Waals surface area contributed by atoms with Gasteiger partial charge in [0.25, 0.3) is 0 Å². The van der Waals surface area contributed by atoms with E-state index in [0.717, 1.165) is 17.5 Å². The minimum absolute atomic E-state index is 0.0211. The van der Waals surface area contributed by atoms with Crippen molar-refractivity contribution >= 4 is 5.91 Å². The number of carbonyl (C=O) groups excluding carboxylic acids is 1. The minimum Gasteiger partial charge on any atom is -0.345 e. The van der Waals surface area contributed by atoms with E-state index in [-0.39, 0.29) is 11.7 Å². The number of aryl methyl sites for hydroxylation is 1. The van der Waals surface area contributed by atoms with Gasteiger partial charge in [0.2, 0.25) is 5.91 Å². The van der Waals surface area contributed by atoms with Gasteiger partial charge in [0.1, 0.15) is 5.82 Å². The fourth-order valence-electron chi connectivity index (χ4n) is 1.81. The summed E-state index contributed by atoms with van der Waals surface area (Å²) in [5.74, 6) is 5.41. The van der Waals surface area contributed by atoms with Gasteiger partial charge in [-0.3, -0.25) is 4.79 Å². The molecular weight excluding hydrogens is 265 g/mol. The second-order valence-electron chi connectivity index (χ2n) is 4.57. The first-order valence-electron chi connectivity index (χ1n) is 6.79. The first kappa shape index (κ1) is 14.8. The molecule has 0 atom stereocenters. The number of rotatable bonds is 4. The Labute approximate surface area is 124 Å². The molecule has 21 heavy (non-hydrogen) atoms. The Morgan fingerprint density at radius 3 is 2.48 bits per heavy atom. The molecule has 2 rings (SSSR count). The molecule has 0 aliphatic rings. The first-order chi connectivity index (χ1) is 10.2. The van der Waals surface area contributed by atoms with Crippen LogP contribution in [0, 0.1) is 17.7 Å². The molecule has 106 valence electrons. The quantitative estimate of drug-likeness (QED) is 0.858. The summed E-state index contributed by atoms with van der Waals surface area (Å²) in [7, 11) is 0. The Hall–Kier alpha value is -2.60. The highest BCUT2D eigenvalue weighted by Crippen LogP contribution is 2.02. The van der Waals surface area contributed by atoms with Crippen LogP contribution < -0.4 is 5.32 Å². The van der Waals surface area contributed by atoms with E-state index < -0.39 is 0 Å². The largest absolute Gasteiger partial charge is 0.345 e. The Balaban J connectivity index is 1.71. The average molecular weight is 281 g/mol. The lowest BCUT2D eigenvalue weighted by Crippen LogP contribution is -2.23. The van der Waals surface area contributed by atoms with Crippen molar-refractivity contribution in [1.82, 2.24) is 5.32 Å². The lowest BCUT2D eigenvalue weighted by molar-refractivity contribution is -0.120. The van der Waals surface area contributed by atoms with Gasteiger partial charge in [0.05, 0.1) is 6.54 Å². The summed E-state index contributed by atoms with van der Waals surface area (Å²) in [4.78, 5) is 11.6. The number of carbonyl (C=O) groups is 1. The van der Waals surface area contributed by atoms with Crippen LogP contribution in [0.1, 0.15) is 17.5 Å². The number of benzene rings is 2. The van der Waals surface area contributed by atoms with Crippen molar-refractivity contribution in [2.24, 2.45) is 0 Å². The molecule has 3 heteroatoms. The van der Waals surface area contributed by atoms with Crippen molar-refractivity contribution in [2.45, 2.75) is 12.8 Å². The van der Waals surface area contributed by atoms with E-state index in [0.29, 0.717) is 13.0 Å². The molecule has 0 aliphatic heterocycles. The topological polar surface area (TPSA) is 29.1 Å². The minimum atomic E-state index is -0.283. The molecule has 1 N–H and O–H groups in total. The zero-order valence-electron chi connectivity index (χ0n) is 11.6. The zero-order valence-corrected chi connectivity index (χ0v) is 11.6. The van der Waals surface area contributed by atoms with Crippen molar-refractivity contribution in [3.63, 3.8) is 0 Å². The van der Waals surface area contributed by atoms with E-state index in [1.54, 1.807) is 12.1 Å². The summed E-state index contributed by atoms with van der Waals surface area (Å²) in [5, 5.41) is 2.75. The highest BCUT2D eigenvalue weighted by molar-refractivity contribution is 5.76. The van der Waals surface area contributed by atoms with Gasteiger partial charge in [0, 0.05) is 12.0 Å². The Morgan fingerprint density at radius 2 is 1.76 bits per heavy atom. The number of halogens is 1. The molecule has 2 nitrogen and oxygen atoms in total. The van der Waals surface area contributed by atoms with Gasteiger partial charge >= 0.3 is 0 Å². The van der Waals surface area contributed by atoms with Gasteiger partial charge in [-0.1, -0.05) is 42.2 Å². The molecule has 0 aliphatic carbocycles. The summed E-state index contributed by atoms with van der Waals surface area (Å²) < 4.78 is 12.7. The fraction of sp³-hybridized carbons (Fsp3) is 0.167. The van der Waals surface area contributed by atoms with E-state index in [1.807, 2.05) is 30.3 Å². The molecule has 0 radical (unpaired) electrons. The summed E-state index contributed by atoms with van der Waals surface area (Å²) in [5.41, 5.74) is 1.87. The maximum atomic E-state index is 12.7. The number of hydrogen-bond acceptors (Lipinski definition) is 1. The molecule has 0 saturated heterocycles. The van der Waals surface area contributed by atoms with Gasteiger partial charge in [-0.2, -0.15) is 0 Å². The normalized spacial score (nSPS) is 9.57. The maximum Gasteiger partial charge on any atom is 0.221 e.